The average molecular weight is 371 g/mol. The van der Waals surface area contributed by atoms with E-state index in [1.54, 1.807) is 13.0 Å². The van der Waals surface area contributed by atoms with E-state index in [1.165, 1.54) is 18.2 Å². The highest BCUT2D eigenvalue weighted by Crippen LogP contribution is 2.34. The molecule has 1 heterocycles. The fraction of sp³-hybridized carbons (Fsp3) is 0.143. The molecule has 0 unspecified atom stereocenters. The lowest BCUT2D eigenvalue weighted by Gasteiger charge is -2.12. The molecule has 0 bridgehead atoms. The van der Waals surface area contributed by atoms with Crippen molar-refractivity contribution in [3.8, 4) is 22.4 Å². The lowest BCUT2D eigenvalue weighted by atomic mass is 9.98. The van der Waals surface area contributed by atoms with Gasteiger partial charge < -0.3 is 4.74 Å². The molecule has 3 nitrogen and oxygen atoms in total. The van der Waals surface area contributed by atoms with Crippen molar-refractivity contribution < 1.29 is 22.7 Å². The van der Waals surface area contributed by atoms with Crippen LogP contribution in [-0.4, -0.2) is 17.6 Å². The van der Waals surface area contributed by atoms with Gasteiger partial charge in [0.1, 0.15) is 5.69 Å². The summed E-state index contributed by atoms with van der Waals surface area (Å²) in [5.74, 6) is -0.548. The second-order valence-corrected chi connectivity index (χ2v) is 5.75. The van der Waals surface area contributed by atoms with Crippen molar-refractivity contribution in [3.05, 3.63) is 78.0 Å². The van der Waals surface area contributed by atoms with Crippen LogP contribution < -0.4 is 0 Å². The number of hydrogen-bond donors (Lipinski definition) is 0. The first-order valence-electron chi connectivity index (χ1n) is 8.31. The van der Waals surface area contributed by atoms with E-state index in [-0.39, 0.29) is 12.3 Å². The van der Waals surface area contributed by atoms with Crippen LogP contribution in [0.2, 0.25) is 0 Å². The molecule has 6 heteroatoms. The molecule has 0 aliphatic heterocycles. The predicted octanol–water partition coefficient (Wildman–Crippen LogP) is 5.61. The first-order chi connectivity index (χ1) is 12.9. The molecule has 0 N–H and O–H groups in total. The molecule has 0 radical (unpaired) electrons. The third-order valence-corrected chi connectivity index (χ3v) is 3.95. The summed E-state index contributed by atoms with van der Waals surface area (Å²) in [4.78, 5) is 16.4. The molecule has 2 aromatic carbocycles. The molecule has 27 heavy (non-hydrogen) atoms. The van der Waals surface area contributed by atoms with Crippen LogP contribution >= 0.6 is 0 Å². The van der Waals surface area contributed by atoms with Crippen molar-refractivity contribution in [2.45, 2.75) is 13.1 Å². The fourth-order valence-corrected chi connectivity index (χ4v) is 2.67. The van der Waals surface area contributed by atoms with Crippen molar-refractivity contribution in [3.63, 3.8) is 0 Å². The van der Waals surface area contributed by atoms with Gasteiger partial charge in [-0.1, -0.05) is 42.5 Å². The maximum atomic E-state index is 12.8. The standard InChI is InChI=1S/C21H16F3NO2/c1-2-27-20(26)18-13-12-17(19(25-18)15-6-4-3-5-7-15)14-8-10-16(11-9-14)21(22,23)24/h3-13H,2H2,1H3. The number of nitrogens with zero attached hydrogens (tertiary/aromatic N) is 1. The van der Waals surface area contributed by atoms with Crippen LogP contribution in [0.4, 0.5) is 13.2 Å². The quantitative estimate of drug-likeness (QED) is 0.560. The molecule has 0 aliphatic carbocycles. The summed E-state index contributed by atoms with van der Waals surface area (Å²) in [6.45, 7) is 1.93. The van der Waals surface area contributed by atoms with Crippen molar-refractivity contribution in [1.29, 1.82) is 0 Å². The van der Waals surface area contributed by atoms with Crippen LogP contribution in [0.25, 0.3) is 22.4 Å². The Bertz CT molecular complexity index is 936. The Morgan fingerprint density at radius 2 is 1.59 bits per heavy atom. The van der Waals surface area contributed by atoms with Crippen LogP contribution in [0.3, 0.4) is 0 Å². The number of alkyl halides is 3. The molecule has 0 aliphatic rings. The van der Waals surface area contributed by atoms with E-state index < -0.39 is 17.7 Å². The normalized spacial score (nSPS) is 11.3. The second kappa shape index (κ2) is 7.61. The third kappa shape index (κ3) is 4.16. The molecule has 0 saturated carbocycles. The predicted molar refractivity (Wildman–Crippen MR) is 96.1 cm³/mol. The van der Waals surface area contributed by atoms with E-state index in [4.69, 9.17) is 4.74 Å². The number of halogens is 3. The van der Waals surface area contributed by atoms with Gasteiger partial charge >= 0.3 is 12.1 Å². The van der Waals surface area contributed by atoms with Gasteiger partial charge in [0.25, 0.3) is 0 Å². The minimum absolute atomic E-state index is 0.145. The van der Waals surface area contributed by atoms with Gasteiger partial charge in [0.15, 0.2) is 0 Å². The minimum Gasteiger partial charge on any atom is -0.461 e. The summed E-state index contributed by atoms with van der Waals surface area (Å²) in [7, 11) is 0. The molecular formula is C21H16F3NO2. The molecule has 0 atom stereocenters. The molecule has 0 fully saturated rings. The molecule has 138 valence electrons. The largest absolute Gasteiger partial charge is 0.461 e. The summed E-state index contributed by atoms with van der Waals surface area (Å²) < 4.78 is 43.4. The first kappa shape index (κ1) is 18.6. The number of benzene rings is 2. The van der Waals surface area contributed by atoms with Gasteiger partial charge in [0.2, 0.25) is 0 Å². The SMILES string of the molecule is CCOC(=O)c1ccc(-c2ccc(C(F)(F)F)cc2)c(-c2ccccc2)n1. The molecular weight excluding hydrogens is 355 g/mol. The van der Waals surface area contributed by atoms with Crippen molar-refractivity contribution in [1.82, 2.24) is 4.98 Å². The number of carbonyl (C=O) groups excluding carboxylic acids is 1. The maximum absolute atomic E-state index is 12.8. The van der Waals surface area contributed by atoms with Crippen molar-refractivity contribution >= 4 is 5.97 Å². The number of rotatable bonds is 4. The minimum atomic E-state index is -4.40. The Kier molecular flexibility index (Phi) is 5.26. The monoisotopic (exact) mass is 371 g/mol. The van der Waals surface area contributed by atoms with E-state index in [1.807, 2.05) is 30.3 Å². The van der Waals surface area contributed by atoms with Gasteiger partial charge in [0.05, 0.1) is 17.9 Å². The van der Waals surface area contributed by atoms with E-state index in [2.05, 4.69) is 4.98 Å². The average Bonchev–Trinajstić information content (AvgIpc) is 2.68. The highest BCUT2D eigenvalue weighted by molar-refractivity contribution is 5.90. The Morgan fingerprint density at radius 1 is 0.926 bits per heavy atom. The van der Waals surface area contributed by atoms with Gasteiger partial charge in [-0.25, -0.2) is 9.78 Å². The second-order valence-electron chi connectivity index (χ2n) is 5.75. The van der Waals surface area contributed by atoms with Crippen LogP contribution in [0, 0.1) is 0 Å². The molecule has 0 saturated heterocycles. The molecule has 0 spiro atoms. The number of aromatic nitrogens is 1. The van der Waals surface area contributed by atoms with Crippen LogP contribution in [-0.2, 0) is 10.9 Å². The van der Waals surface area contributed by atoms with Crippen LogP contribution in [0.5, 0.6) is 0 Å². The van der Waals surface area contributed by atoms with Gasteiger partial charge in [-0.05, 0) is 36.8 Å². The summed E-state index contributed by atoms with van der Waals surface area (Å²) in [5.41, 5.74) is 1.88. The third-order valence-electron chi connectivity index (χ3n) is 3.95. The maximum Gasteiger partial charge on any atom is 0.416 e. The number of esters is 1. The Labute approximate surface area is 154 Å². The highest BCUT2D eigenvalue weighted by Gasteiger charge is 2.30. The topological polar surface area (TPSA) is 39.2 Å². The van der Waals surface area contributed by atoms with E-state index in [0.29, 0.717) is 16.8 Å². The van der Waals surface area contributed by atoms with Crippen molar-refractivity contribution in [2.75, 3.05) is 6.61 Å². The van der Waals surface area contributed by atoms with Crippen LogP contribution in [0.1, 0.15) is 23.0 Å². The first-order valence-corrected chi connectivity index (χ1v) is 8.31. The number of pyridine rings is 1. The molecule has 1 aromatic heterocycles. The summed E-state index contributed by atoms with van der Waals surface area (Å²) in [5, 5.41) is 0. The molecule has 3 aromatic rings. The van der Waals surface area contributed by atoms with E-state index >= 15 is 0 Å². The number of ether oxygens (including phenoxy) is 1. The Balaban J connectivity index is 2.10. The zero-order valence-corrected chi connectivity index (χ0v) is 14.5. The zero-order valence-electron chi connectivity index (χ0n) is 14.5. The van der Waals surface area contributed by atoms with E-state index in [9.17, 15) is 18.0 Å². The smallest absolute Gasteiger partial charge is 0.416 e. The summed E-state index contributed by atoms with van der Waals surface area (Å²) in [6, 6.07) is 17.2. The summed E-state index contributed by atoms with van der Waals surface area (Å²) >= 11 is 0. The van der Waals surface area contributed by atoms with E-state index in [0.717, 1.165) is 17.7 Å². The Hall–Kier alpha value is -3.15. The lowest BCUT2D eigenvalue weighted by molar-refractivity contribution is -0.137. The van der Waals surface area contributed by atoms with Gasteiger partial charge in [-0.15, -0.1) is 0 Å². The zero-order chi connectivity index (χ0) is 19.4. The lowest BCUT2D eigenvalue weighted by Crippen LogP contribution is -2.08. The number of hydrogen-bond acceptors (Lipinski definition) is 3. The molecule has 0 amide bonds. The molecule has 3 rings (SSSR count). The van der Waals surface area contributed by atoms with Gasteiger partial charge in [-0.2, -0.15) is 13.2 Å². The van der Waals surface area contributed by atoms with Gasteiger partial charge in [-0.3, -0.25) is 0 Å². The Morgan fingerprint density at radius 3 is 2.19 bits per heavy atom. The number of carbonyl (C=O) groups is 1. The van der Waals surface area contributed by atoms with Crippen LogP contribution in [0.15, 0.2) is 66.7 Å². The fourth-order valence-electron chi connectivity index (χ4n) is 2.67. The van der Waals surface area contributed by atoms with Crippen molar-refractivity contribution in [2.24, 2.45) is 0 Å². The summed E-state index contributed by atoms with van der Waals surface area (Å²) in [6.07, 6.45) is -4.40. The van der Waals surface area contributed by atoms with Gasteiger partial charge in [0, 0.05) is 11.1 Å². The highest BCUT2D eigenvalue weighted by atomic mass is 19.4.